The van der Waals surface area contributed by atoms with E-state index in [-0.39, 0.29) is 4.90 Å². The standard InChI is InChI=1S/C13H17N3O3S/c1-9-6-11(20(14,17)18)7-10(2)13(9)19-8-12-15-4-5-16(12)3/h4-7H,8H2,1-3H3,(H2,14,17,18). The van der Waals surface area contributed by atoms with Gasteiger partial charge in [0, 0.05) is 19.4 Å². The van der Waals surface area contributed by atoms with Crippen LogP contribution in [0.25, 0.3) is 0 Å². The maximum Gasteiger partial charge on any atom is 0.238 e. The van der Waals surface area contributed by atoms with Crippen LogP contribution in [0.5, 0.6) is 5.75 Å². The Morgan fingerprint density at radius 2 is 1.90 bits per heavy atom. The van der Waals surface area contributed by atoms with E-state index in [1.165, 1.54) is 12.1 Å². The third-order valence-corrected chi connectivity index (χ3v) is 3.92. The van der Waals surface area contributed by atoms with Gasteiger partial charge in [-0.25, -0.2) is 18.5 Å². The van der Waals surface area contributed by atoms with E-state index in [4.69, 9.17) is 9.88 Å². The summed E-state index contributed by atoms with van der Waals surface area (Å²) in [6.07, 6.45) is 3.53. The Morgan fingerprint density at radius 3 is 2.35 bits per heavy atom. The summed E-state index contributed by atoms with van der Waals surface area (Å²) >= 11 is 0. The van der Waals surface area contributed by atoms with Gasteiger partial charge in [-0.1, -0.05) is 0 Å². The summed E-state index contributed by atoms with van der Waals surface area (Å²) in [5.74, 6) is 1.44. The maximum atomic E-state index is 11.4. The van der Waals surface area contributed by atoms with Crippen LogP contribution in [-0.4, -0.2) is 18.0 Å². The fourth-order valence-electron chi connectivity index (χ4n) is 1.97. The Hall–Kier alpha value is -1.86. The third kappa shape index (κ3) is 3.00. The average molecular weight is 295 g/mol. The molecule has 0 aliphatic heterocycles. The second-order valence-electron chi connectivity index (χ2n) is 4.67. The number of imidazole rings is 1. The van der Waals surface area contributed by atoms with Gasteiger partial charge in [-0.3, -0.25) is 0 Å². The van der Waals surface area contributed by atoms with Gasteiger partial charge in [-0.2, -0.15) is 0 Å². The lowest BCUT2D eigenvalue weighted by Gasteiger charge is -2.13. The Balaban J connectivity index is 2.27. The highest BCUT2D eigenvalue weighted by Crippen LogP contribution is 2.27. The second-order valence-corrected chi connectivity index (χ2v) is 6.24. The lowest BCUT2D eigenvalue weighted by Crippen LogP contribution is -2.13. The van der Waals surface area contributed by atoms with E-state index in [2.05, 4.69) is 4.98 Å². The molecule has 2 rings (SSSR count). The number of rotatable bonds is 4. The zero-order valence-electron chi connectivity index (χ0n) is 11.6. The molecule has 0 amide bonds. The first-order chi connectivity index (χ1) is 9.29. The number of hydrogen-bond donors (Lipinski definition) is 1. The molecule has 0 aliphatic carbocycles. The molecule has 0 fully saturated rings. The van der Waals surface area contributed by atoms with Gasteiger partial charge in [0.05, 0.1) is 4.90 Å². The molecule has 0 saturated heterocycles. The molecule has 1 aromatic heterocycles. The summed E-state index contributed by atoms with van der Waals surface area (Å²) in [7, 11) is -1.82. The molecule has 2 N–H and O–H groups in total. The minimum absolute atomic E-state index is 0.0943. The molecule has 0 saturated carbocycles. The first-order valence-corrected chi connectivity index (χ1v) is 7.56. The minimum atomic E-state index is -3.70. The lowest BCUT2D eigenvalue weighted by atomic mass is 10.1. The predicted octanol–water partition coefficient (Wildman–Crippen LogP) is 1.26. The molecule has 7 heteroatoms. The molecule has 2 aromatic rings. The molecule has 0 bridgehead atoms. The molecule has 0 spiro atoms. The monoisotopic (exact) mass is 295 g/mol. The second kappa shape index (κ2) is 5.26. The summed E-state index contributed by atoms with van der Waals surface area (Å²) in [5, 5.41) is 5.13. The van der Waals surface area contributed by atoms with Gasteiger partial charge in [0.25, 0.3) is 0 Å². The van der Waals surface area contributed by atoms with Crippen molar-refractivity contribution in [3.8, 4) is 5.75 Å². The highest BCUT2D eigenvalue weighted by molar-refractivity contribution is 7.89. The SMILES string of the molecule is Cc1cc(S(N)(=O)=O)cc(C)c1OCc1nccn1C. The maximum absolute atomic E-state index is 11.4. The molecule has 108 valence electrons. The number of nitrogens with zero attached hydrogens (tertiary/aromatic N) is 2. The van der Waals surface area contributed by atoms with Gasteiger partial charge in [0.15, 0.2) is 0 Å². The van der Waals surface area contributed by atoms with Crippen molar-refractivity contribution in [3.63, 3.8) is 0 Å². The van der Waals surface area contributed by atoms with E-state index in [0.717, 1.165) is 17.0 Å². The topological polar surface area (TPSA) is 87.2 Å². The summed E-state index contributed by atoms with van der Waals surface area (Å²) < 4.78 is 30.3. The molecule has 0 radical (unpaired) electrons. The van der Waals surface area contributed by atoms with E-state index in [1.807, 2.05) is 17.8 Å². The Kier molecular flexibility index (Phi) is 3.82. The van der Waals surface area contributed by atoms with Crippen LogP contribution < -0.4 is 9.88 Å². The molecule has 6 nitrogen and oxygen atoms in total. The molecular formula is C13H17N3O3S. The summed E-state index contributed by atoms with van der Waals surface area (Å²) in [6.45, 7) is 3.89. The Bertz CT molecular complexity index is 712. The third-order valence-electron chi connectivity index (χ3n) is 3.03. The number of nitrogens with two attached hydrogens (primary N) is 1. The largest absolute Gasteiger partial charge is 0.485 e. The fraction of sp³-hybridized carbons (Fsp3) is 0.308. The normalized spacial score (nSPS) is 11.6. The highest BCUT2D eigenvalue weighted by atomic mass is 32.2. The Morgan fingerprint density at radius 1 is 1.30 bits per heavy atom. The predicted molar refractivity (Wildman–Crippen MR) is 74.8 cm³/mol. The fourth-order valence-corrected chi connectivity index (χ4v) is 2.66. The van der Waals surface area contributed by atoms with Crippen LogP contribution in [-0.2, 0) is 23.7 Å². The van der Waals surface area contributed by atoms with Crippen molar-refractivity contribution >= 4 is 10.0 Å². The number of hydrogen-bond acceptors (Lipinski definition) is 4. The quantitative estimate of drug-likeness (QED) is 0.920. The number of aromatic nitrogens is 2. The molecule has 0 unspecified atom stereocenters. The van der Waals surface area contributed by atoms with Gasteiger partial charge in [-0.05, 0) is 37.1 Å². The summed E-state index contributed by atoms with van der Waals surface area (Å²) in [4.78, 5) is 4.26. The van der Waals surface area contributed by atoms with Crippen molar-refractivity contribution in [2.24, 2.45) is 12.2 Å². The van der Waals surface area contributed by atoms with E-state index < -0.39 is 10.0 Å². The van der Waals surface area contributed by atoms with Gasteiger partial charge in [0.1, 0.15) is 18.2 Å². The lowest BCUT2D eigenvalue weighted by molar-refractivity contribution is 0.287. The number of ether oxygens (including phenoxy) is 1. The smallest absolute Gasteiger partial charge is 0.238 e. The zero-order valence-corrected chi connectivity index (χ0v) is 12.4. The van der Waals surface area contributed by atoms with E-state index >= 15 is 0 Å². The number of primary sulfonamides is 1. The van der Waals surface area contributed by atoms with Crippen molar-refractivity contribution in [2.45, 2.75) is 25.3 Å². The minimum Gasteiger partial charge on any atom is -0.485 e. The van der Waals surface area contributed by atoms with Crippen LogP contribution in [0.2, 0.25) is 0 Å². The van der Waals surface area contributed by atoms with E-state index in [1.54, 1.807) is 20.0 Å². The van der Waals surface area contributed by atoms with Crippen molar-refractivity contribution in [1.29, 1.82) is 0 Å². The van der Waals surface area contributed by atoms with Crippen LogP contribution in [0.4, 0.5) is 0 Å². The summed E-state index contributed by atoms with van der Waals surface area (Å²) in [5.41, 5.74) is 1.45. The molecular weight excluding hydrogens is 278 g/mol. The van der Waals surface area contributed by atoms with Crippen molar-refractivity contribution < 1.29 is 13.2 Å². The van der Waals surface area contributed by atoms with Crippen molar-refractivity contribution in [2.75, 3.05) is 0 Å². The van der Waals surface area contributed by atoms with Crippen LogP contribution in [0, 0.1) is 13.8 Å². The van der Waals surface area contributed by atoms with Crippen LogP contribution in [0.1, 0.15) is 17.0 Å². The first-order valence-electron chi connectivity index (χ1n) is 6.02. The van der Waals surface area contributed by atoms with Crippen molar-refractivity contribution in [3.05, 3.63) is 41.5 Å². The number of aryl methyl sites for hydroxylation is 3. The zero-order chi connectivity index (χ0) is 14.9. The van der Waals surface area contributed by atoms with Crippen LogP contribution in [0.3, 0.4) is 0 Å². The molecule has 1 heterocycles. The molecule has 20 heavy (non-hydrogen) atoms. The van der Waals surface area contributed by atoms with Crippen LogP contribution >= 0.6 is 0 Å². The van der Waals surface area contributed by atoms with Gasteiger partial charge in [-0.15, -0.1) is 0 Å². The molecule has 0 aliphatic rings. The number of benzene rings is 1. The summed E-state index contributed by atoms with van der Waals surface area (Å²) in [6, 6.07) is 3.02. The van der Waals surface area contributed by atoms with Crippen molar-refractivity contribution in [1.82, 2.24) is 9.55 Å². The van der Waals surface area contributed by atoms with Crippen LogP contribution in [0.15, 0.2) is 29.4 Å². The molecule has 0 atom stereocenters. The van der Waals surface area contributed by atoms with E-state index in [9.17, 15) is 8.42 Å². The first kappa shape index (κ1) is 14.5. The van der Waals surface area contributed by atoms with E-state index in [0.29, 0.717) is 12.4 Å². The average Bonchev–Trinajstić information content (AvgIpc) is 2.72. The number of sulfonamides is 1. The highest BCUT2D eigenvalue weighted by Gasteiger charge is 2.14. The Labute approximate surface area is 118 Å². The van der Waals surface area contributed by atoms with Gasteiger partial charge in [0.2, 0.25) is 10.0 Å². The van der Waals surface area contributed by atoms with Gasteiger partial charge < -0.3 is 9.30 Å². The molecule has 1 aromatic carbocycles. The van der Waals surface area contributed by atoms with Gasteiger partial charge >= 0.3 is 0 Å².